The summed E-state index contributed by atoms with van der Waals surface area (Å²) in [5.41, 5.74) is 3.26. The van der Waals surface area contributed by atoms with Crippen molar-refractivity contribution in [1.82, 2.24) is 0 Å². The molecule has 0 aliphatic heterocycles. The van der Waals surface area contributed by atoms with Gasteiger partial charge in [0.15, 0.2) is 0 Å². The van der Waals surface area contributed by atoms with Crippen molar-refractivity contribution in [3.63, 3.8) is 0 Å². The fourth-order valence-electron chi connectivity index (χ4n) is 2.42. The number of para-hydroxylation sites is 1. The second-order valence-electron chi connectivity index (χ2n) is 5.06. The van der Waals surface area contributed by atoms with Crippen LogP contribution in [-0.2, 0) is 7.05 Å². The van der Waals surface area contributed by atoms with E-state index in [0.29, 0.717) is 0 Å². The van der Waals surface area contributed by atoms with E-state index in [2.05, 4.69) is 28.8 Å². The number of aryl methyl sites for hydroxylation is 1. The Kier molecular flexibility index (Phi) is 5.44. The molecule has 4 nitrogen and oxygen atoms in total. The predicted molar refractivity (Wildman–Crippen MR) is 87.1 cm³/mol. The minimum atomic E-state index is -0.392. The number of fused-ring (bicyclic) bond motifs is 1. The van der Waals surface area contributed by atoms with Crippen LogP contribution in [0.1, 0.15) is 11.3 Å². The van der Waals surface area contributed by atoms with E-state index < -0.39 is 4.92 Å². The van der Waals surface area contributed by atoms with Gasteiger partial charge in [0.1, 0.15) is 7.05 Å². The molecule has 23 heavy (non-hydrogen) atoms. The molecule has 0 saturated carbocycles. The van der Waals surface area contributed by atoms with E-state index in [1.165, 1.54) is 17.5 Å². The maximum absolute atomic E-state index is 10.6. The first-order valence-electron chi connectivity index (χ1n) is 6.95. The Morgan fingerprint density at radius 3 is 2.35 bits per heavy atom. The van der Waals surface area contributed by atoms with Crippen LogP contribution in [0.5, 0.6) is 0 Å². The van der Waals surface area contributed by atoms with E-state index in [9.17, 15) is 10.1 Å². The summed E-state index contributed by atoms with van der Waals surface area (Å²) < 4.78 is 2.12. The highest BCUT2D eigenvalue weighted by Gasteiger charge is 2.08. The Morgan fingerprint density at radius 1 is 0.957 bits per heavy atom. The first-order valence-corrected chi connectivity index (χ1v) is 6.95. The van der Waals surface area contributed by atoms with Crippen LogP contribution in [-0.4, -0.2) is 4.92 Å². The lowest BCUT2D eigenvalue weighted by atomic mass is 10.1. The highest BCUT2D eigenvalue weighted by Crippen LogP contribution is 2.15. The number of nitro groups is 1. The first kappa shape index (κ1) is 17.1. The zero-order chi connectivity index (χ0) is 15.5. The highest BCUT2D eigenvalue weighted by molar-refractivity contribution is 5.77. The van der Waals surface area contributed by atoms with Gasteiger partial charge in [0.25, 0.3) is 5.69 Å². The van der Waals surface area contributed by atoms with Gasteiger partial charge in [-0.2, -0.15) is 4.57 Å². The molecule has 3 rings (SSSR count). The van der Waals surface area contributed by atoms with E-state index in [-0.39, 0.29) is 29.7 Å². The molecule has 1 aromatic heterocycles. The molecule has 116 valence electrons. The fourth-order valence-corrected chi connectivity index (χ4v) is 2.42. The Labute approximate surface area is 151 Å². The number of non-ortho nitro benzene ring substituents is 1. The van der Waals surface area contributed by atoms with Gasteiger partial charge >= 0.3 is 0 Å². The SMILES string of the molecule is C[n+]1c(/C=C/c2ccc([N+](=O)[O-])cc2)ccc2ccccc21.[I-]. The topological polar surface area (TPSA) is 47.0 Å². The van der Waals surface area contributed by atoms with Crippen LogP contribution >= 0.6 is 0 Å². The summed E-state index contributed by atoms with van der Waals surface area (Å²) in [6, 6.07) is 18.9. The fraction of sp³-hybridized carbons (Fsp3) is 0.0556. The van der Waals surface area contributed by atoms with Crippen LogP contribution in [0.3, 0.4) is 0 Å². The lowest BCUT2D eigenvalue weighted by Gasteiger charge is -1.99. The lowest BCUT2D eigenvalue weighted by Crippen LogP contribution is -3.00. The highest BCUT2D eigenvalue weighted by atomic mass is 127. The molecule has 0 radical (unpaired) electrons. The van der Waals surface area contributed by atoms with Crippen LogP contribution in [0.2, 0.25) is 0 Å². The molecule has 1 heterocycles. The molecule has 3 aromatic rings. The van der Waals surface area contributed by atoms with E-state index in [0.717, 1.165) is 16.8 Å². The van der Waals surface area contributed by atoms with Gasteiger partial charge in [0.2, 0.25) is 11.2 Å². The predicted octanol–water partition coefficient (Wildman–Crippen LogP) is 0.747. The van der Waals surface area contributed by atoms with E-state index >= 15 is 0 Å². The van der Waals surface area contributed by atoms with Crippen molar-refractivity contribution in [2.45, 2.75) is 0 Å². The number of rotatable bonds is 3. The molecule has 0 N–H and O–H groups in total. The van der Waals surface area contributed by atoms with E-state index in [4.69, 9.17) is 0 Å². The summed E-state index contributed by atoms with van der Waals surface area (Å²) in [4.78, 5) is 10.3. The number of pyridine rings is 1. The van der Waals surface area contributed by atoms with Crippen molar-refractivity contribution >= 4 is 28.7 Å². The smallest absolute Gasteiger partial charge is 0.269 e. The van der Waals surface area contributed by atoms with Gasteiger partial charge in [0.05, 0.1) is 4.92 Å². The van der Waals surface area contributed by atoms with Gasteiger partial charge < -0.3 is 24.0 Å². The standard InChI is InChI=1S/C18H15N2O2.HI/c1-19-16(13-9-15-4-2-3-5-18(15)19)10-6-14-7-11-17(12-8-14)20(21)22;/h2-13H,1H3;1H/q+1;/p-1/b10-6+;. The number of halogens is 1. The molecule has 0 bridgehead atoms. The van der Waals surface area contributed by atoms with Gasteiger partial charge in [-0.15, -0.1) is 0 Å². The molecule has 0 spiro atoms. The number of nitrogens with zero attached hydrogens (tertiary/aromatic N) is 2. The monoisotopic (exact) mass is 418 g/mol. The van der Waals surface area contributed by atoms with E-state index in [1.807, 2.05) is 31.3 Å². The molecule has 0 amide bonds. The normalized spacial score (nSPS) is 10.7. The van der Waals surface area contributed by atoms with Crippen molar-refractivity contribution < 1.29 is 33.5 Å². The van der Waals surface area contributed by atoms with Gasteiger partial charge in [-0.3, -0.25) is 10.1 Å². The summed E-state index contributed by atoms with van der Waals surface area (Å²) in [7, 11) is 2.03. The molecule has 5 heteroatoms. The van der Waals surface area contributed by atoms with Gasteiger partial charge in [-0.05, 0) is 35.9 Å². The van der Waals surface area contributed by atoms with Gasteiger partial charge in [0, 0.05) is 35.7 Å². The molecule has 0 unspecified atom stereocenters. The molecular formula is C18H15IN2O2. The third-order valence-corrected chi connectivity index (χ3v) is 3.67. The Bertz CT molecular complexity index is 874. The summed E-state index contributed by atoms with van der Waals surface area (Å²) in [6.45, 7) is 0. The summed E-state index contributed by atoms with van der Waals surface area (Å²) in [6.07, 6.45) is 3.96. The number of hydrogen-bond acceptors (Lipinski definition) is 2. The van der Waals surface area contributed by atoms with Crippen molar-refractivity contribution in [2.24, 2.45) is 7.05 Å². The Morgan fingerprint density at radius 2 is 1.65 bits per heavy atom. The van der Waals surface area contributed by atoms with Crippen LogP contribution in [0.25, 0.3) is 23.1 Å². The molecule has 0 fully saturated rings. The van der Waals surface area contributed by atoms with Crippen molar-refractivity contribution in [3.8, 4) is 0 Å². The number of aromatic nitrogens is 1. The van der Waals surface area contributed by atoms with Crippen LogP contribution in [0.15, 0.2) is 60.7 Å². The average molecular weight is 418 g/mol. The first-order chi connectivity index (χ1) is 10.6. The van der Waals surface area contributed by atoms with Crippen molar-refractivity contribution in [2.75, 3.05) is 0 Å². The summed E-state index contributed by atoms with van der Waals surface area (Å²) in [5.74, 6) is 0. The Balaban J connectivity index is 0.00000192. The van der Waals surface area contributed by atoms with Crippen LogP contribution in [0.4, 0.5) is 5.69 Å². The summed E-state index contributed by atoms with van der Waals surface area (Å²) >= 11 is 0. The van der Waals surface area contributed by atoms with Crippen molar-refractivity contribution in [1.29, 1.82) is 0 Å². The average Bonchev–Trinajstić information content (AvgIpc) is 2.55. The zero-order valence-electron chi connectivity index (χ0n) is 12.5. The maximum atomic E-state index is 10.6. The molecule has 0 saturated heterocycles. The molecular weight excluding hydrogens is 403 g/mol. The van der Waals surface area contributed by atoms with Crippen LogP contribution in [0, 0.1) is 10.1 Å². The molecule has 0 atom stereocenters. The van der Waals surface area contributed by atoms with Gasteiger partial charge in [-0.1, -0.05) is 12.1 Å². The molecule has 0 aliphatic rings. The number of hydrogen-bond donors (Lipinski definition) is 0. The van der Waals surface area contributed by atoms with Crippen molar-refractivity contribution in [3.05, 3.63) is 82.0 Å². The maximum Gasteiger partial charge on any atom is 0.269 e. The summed E-state index contributed by atoms with van der Waals surface area (Å²) in [5, 5.41) is 11.8. The minimum Gasteiger partial charge on any atom is -1.00 e. The minimum absolute atomic E-state index is 0. The third kappa shape index (κ3) is 3.73. The quantitative estimate of drug-likeness (QED) is 0.273. The second kappa shape index (κ2) is 7.32. The third-order valence-electron chi connectivity index (χ3n) is 3.67. The van der Waals surface area contributed by atoms with E-state index in [1.54, 1.807) is 12.1 Å². The largest absolute Gasteiger partial charge is 1.00 e. The molecule has 0 aliphatic carbocycles. The number of nitro benzene ring substituents is 1. The molecule has 2 aromatic carbocycles. The van der Waals surface area contributed by atoms with Crippen LogP contribution < -0.4 is 28.5 Å². The zero-order valence-corrected chi connectivity index (χ0v) is 14.7. The van der Waals surface area contributed by atoms with Gasteiger partial charge in [-0.25, -0.2) is 0 Å². The second-order valence-corrected chi connectivity index (χ2v) is 5.06. The Hall–Kier alpha value is -2.28. The number of benzene rings is 2. The lowest BCUT2D eigenvalue weighted by molar-refractivity contribution is -0.646.